The van der Waals surface area contributed by atoms with Crippen molar-refractivity contribution < 1.29 is 29.5 Å². The second-order valence-corrected chi connectivity index (χ2v) is 10.8. The van der Waals surface area contributed by atoms with Crippen LogP contribution in [0.3, 0.4) is 0 Å². The second-order valence-electron chi connectivity index (χ2n) is 9.65. The smallest absolute Gasteiger partial charge is 0.121 e. The van der Waals surface area contributed by atoms with E-state index >= 15 is 0 Å². The number of aliphatic hydroxyl groups is 3. The molecular formula is C26H53NO6S. The molecule has 0 saturated carbocycles. The maximum Gasteiger partial charge on any atom is 0.121 e. The normalized spacial score (nSPS) is 26.1. The van der Waals surface area contributed by atoms with Gasteiger partial charge in [0.2, 0.25) is 0 Å². The van der Waals surface area contributed by atoms with Crippen molar-refractivity contribution in [2.45, 2.75) is 133 Å². The van der Waals surface area contributed by atoms with E-state index in [-0.39, 0.29) is 12.7 Å². The minimum Gasteiger partial charge on any atom is -0.394 e. The molecule has 0 aromatic heterocycles. The zero-order chi connectivity index (χ0) is 25.0. The van der Waals surface area contributed by atoms with E-state index < -0.39 is 29.8 Å². The van der Waals surface area contributed by atoms with Crippen LogP contribution < -0.4 is 5.73 Å². The van der Waals surface area contributed by atoms with Gasteiger partial charge in [0.05, 0.1) is 25.4 Å². The topological polar surface area (TPSA) is 114 Å². The highest BCUT2D eigenvalue weighted by Gasteiger charge is 2.42. The number of aliphatic hydroxyl groups excluding tert-OH is 3. The first kappa shape index (κ1) is 32.1. The first-order chi connectivity index (χ1) is 16.5. The standard InChI is InChI=1S/C26H53NO6S/c1-3-4-5-6-7-8-9-10-11-12-13-14-15-16-17-32-19-21(31-2)20-34-26-23(27)25(30)24(29)22(18-28)33-26/h21-26,28-30H,3-20,27H2,1-2H3/t21-,22+,23+,24+,25+,26+/m0/s1. The molecule has 1 heterocycles. The quantitative estimate of drug-likeness (QED) is 0.163. The van der Waals surface area contributed by atoms with Crippen molar-refractivity contribution >= 4 is 11.8 Å². The maximum absolute atomic E-state index is 10.1. The average Bonchev–Trinajstić information content (AvgIpc) is 2.85. The molecule has 8 heteroatoms. The molecule has 5 N–H and O–H groups in total. The van der Waals surface area contributed by atoms with Crippen LogP contribution >= 0.6 is 11.8 Å². The third-order valence-corrected chi connectivity index (χ3v) is 7.97. The molecule has 0 aliphatic carbocycles. The zero-order valence-electron chi connectivity index (χ0n) is 21.7. The third kappa shape index (κ3) is 14.0. The van der Waals surface area contributed by atoms with Crippen LogP contribution in [0.15, 0.2) is 0 Å². The number of unbranched alkanes of at least 4 members (excludes halogenated alkanes) is 13. The van der Waals surface area contributed by atoms with Gasteiger partial charge in [-0.2, -0.15) is 0 Å². The van der Waals surface area contributed by atoms with Crippen molar-refractivity contribution in [1.82, 2.24) is 0 Å². The molecule has 0 radical (unpaired) electrons. The van der Waals surface area contributed by atoms with Crippen molar-refractivity contribution in [2.24, 2.45) is 5.73 Å². The molecule has 34 heavy (non-hydrogen) atoms. The fourth-order valence-corrected chi connectivity index (χ4v) is 5.49. The van der Waals surface area contributed by atoms with Gasteiger partial charge >= 0.3 is 0 Å². The van der Waals surface area contributed by atoms with Crippen LogP contribution in [0.25, 0.3) is 0 Å². The Morgan fingerprint density at radius 2 is 1.38 bits per heavy atom. The maximum atomic E-state index is 10.1. The number of ether oxygens (including phenoxy) is 3. The van der Waals surface area contributed by atoms with Crippen molar-refractivity contribution in [3.8, 4) is 0 Å². The summed E-state index contributed by atoms with van der Waals surface area (Å²) in [5.41, 5.74) is 5.47. The van der Waals surface area contributed by atoms with Crippen molar-refractivity contribution in [1.29, 1.82) is 0 Å². The lowest BCUT2D eigenvalue weighted by atomic mass is 9.99. The number of hydrogen-bond donors (Lipinski definition) is 4. The predicted octanol–water partition coefficient (Wildman–Crippen LogP) is 4.00. The molecule has 0 amide bonds. The Bertz CT molecular complexity index is 459. The molecule has 6 atom stereocenters. The molecule has 1 rings (SSSR count). The van der Waals surface area contributed by atoms with E-state index in [1.54, 1.807) is 7.11 Å². The highest BCUT2D eigenvalue weighted by molar-refractivity contribution is 7.99. The van der Waals surface area contributed by atoms with Crippen LogP contribution in [0.4, 0.5) is 0 Å². The SMILES string of the molecule is CCCCCCCCCCCCCCCCOC[C@@H](CS[C@H]1O[C@H](CO)[C@@H](O)[C@H](O)[C@H]1N)OC. The molecular weight excluding hydrogens is 454 g/mol. The highest BCUT2D eigenvalue weighted by Crippen LogP contribution is 2.28. The fraction of sp³-hybridized carbons (Fsp3) is 1.00. The van der Waals surface area contributed by atoms with Gasteiger partial charge in [-0.25, -0.2) is 0 Å². The molecule has 0 spiro atoms. The molecule has 1 aliphatic heterocycles. The monoisotopic (exact) mass is 507 g/mol. The van der Waals surface area contributed by atoms with E-state index in [1.165, 1.54) is 95.2 Å². The molecule has 1 aliphatic rings. The molecule has 0 unspecified atom stereocenters. The summed E-state index contributed by atoms with van der Waals surface area (Å²) < 4.78 is 16.9. The molecule has 204 valence electrons. The summed E-state index contributed by atoms with van der Waals surface area (Å²) in [6.45, 7) is 3.14. The van der Waals surface area contributed by atoms with Gasteiger partial charge in [0.25, 0.3) is 0 Å². The van der Waals surface area contributed by atoms with Crippen LogP contribution in [0.1, 0.15) is 96.8 Å². The van der Waals surface area contributed by atoms with Gasteiger partial charge in [-0.05, 0) is 6.42 Å². The minimum atomic E-state index is -1.18. The molecule has 7 nitrogen and oxygen atoms in total. The minimum absolute atomic E-state index is 0.107. The van der Waals surface area contributed by atoms with Gasteiger partial charge in [0.1, 0.15) is 23.7 Å². The van der Waals surface area contributed by atoms with Gasteiger partial charge in [0, 0.05) is 19.5 Å². The van der Waals surface area contributed by atoms with Gasteiger partial charge in [0.15, 0.2) is 0 Å². The van der Waals surface area contributed by atoms with Crippen LogP contribution in [0.5, 0.6) is 0 Å². The van der Waals surface area contributed by atoms with Crippen molar-refractivity contribution in [2.75, 3.05) is 32.7 Å². The average molecular weight is 508 g/mol. The van der Waals surface area contributed by atoms with Crippen LogP contribution in [-0.2, 0) is 14.2 Å². The summed E-state index contributed by atoms with van der Waals surface area (Å²) in [7, 11) is 1.65. The number of methoxy groups -OCH3 is 1. The molecule has 0 bridgehead atoms. The van der Waals surface area contributed by atoms with E-state index in [0.29, 0.717) is 12.4 Å². The summed E-state index contributed by atoms with van der Waals surface area (Å²) in [5.74, 6) is 0.592. The Morgan fingerprint density at radius 3 is 1.88 bits per heavy atom. The Kier molecular flexibility index (Phi) is 20.0. The summed E-state index contributed by atoms with van der Waals surface area (Å²) in [4.78, 5) is 0. The van der Waals surface area contributed by atoms with E-state index in [1.807, 2.05) is 0 Å². The Balaban J connectivity index is 1.97. The fourth-order valence-electron chi connectivity index (χ4n) is 4.25. The van der Waals surface area contributed by atoms with Crippen LogP contribution in [0.2, 0.25) is 0 Å². The summed E-state index contributed by atoms with van der Waals surface area (Å²) in [6, 6.07) is -0.725. The van der Waals surface area contributed by atoms with Crippen molar-refractivity contribution in [3.63, 3.8) is 0 Å². The first-order valence-electron chi connectivity index (χ1n) is 13.6. The van der Waals surface area contributed by atoms with E-state index in [4.69, 9.17) is 19.9 Å². The lowest BCUT2D eigenvalue weighted by Gasteiger charge is -2.40. The largest absolute Gasteiger partial charge is 0.394 e. The third-order valence-electron chi connectivity index (χ3n) is 6.65. The Morgan fingerprint density at radius 1 is 0.853 bits per heavy atom. The first-order valence-corrected chi connectivity index (χ1v) is 14.7. The summed E-state index contributed by atoms with van der Waals surface area (Å²) in [6.07, 6.45) is 15.6. The summed E-state index contributed by atoms with van der Waals surface area (Å²) in [5, 5.41) is 29.3. The van der Waals surface area contributed by atoms with Crippen molar-refractivity contribution in [3.05, 3.63) is 0 Å². The van der Waals surface area contributed by atoms with Gasteiger partial charge in [-0.1, -0.05) is 90.4 Å². The van der Waals surface area contributed by atoms with Gasteiger partial charge < -0.3 is 35.3 Å². The highest BCUT2D eigenvalue weighted by atomic mass is 32.2. The molecule has 0 aromatic carbocycles. The van der Waals surface area contributed by atoms with E-state index in [0.717, 1.165) is 13.0 Å². The number of thioether (sulfide) groups is 1. The summed E-state index contributed by atoms with van der Waals surface area (Å²) >= 11 is 1.42. The number of nitrogens with two attached hydrogens (primary N) is 1. The lowest BCUT2D eigenvalue weighted by Crippen LogP contribution is -2.61. The number of rotatable bonds is 22. The van der Waals surface area contributed by atoms with Gasteiger partial charge in [-0.3, -0.25) is 0 Å². The molecule has 1 saturated heterocycles. The van der Waals surface area contributed by atoms with Crippen LogP contribution in [-0.4, -0.2) is 83.9 Å². The zero-order valence-corrected chi connectivity index (χ0v) is 22.6. The number of hydrogen-bond acceptors (Lipinski definition) is 8. The van der Waals surface area contributed by atoms with E-state index in [9.17, 15) is 15.3 Å². The van der Waals surface area contributed by atoms with E-state index in [2.05, 4.69) is 6.92 Å². The van der Waals surface area contributed by atoms with Gasteiger partial charge in [-0.15, -0.1) is 11.8 Å². The Hall–Kier alpha value is 0.0700. The lowest BCUT2D eigenvalue weighted by molar-refractivity contribution is -0.166. The van der Waals surface area contributed by atoms with Crippen LogP contribution in [0, 0.1) is 0 Å². The molecule has 0 aromatic rings. The predicted molar refractivity (Wildman–Crippen MR) is 140 cm³/mol. The second kappa shape index (κ2) is 21.2. The Labute approximate surface area is 212 Å². The molecule has 1 fully saturated rings.